The van der Waals surface area contributed by atoms with E-state index in [-0.39, 0.29) is 18.0 Å². The maximum atomic E-state index is 13.3. The van der Waals surface area contributed by atoms with Crippen LogP contribution in [0, 0.1) is 20.8 Å². The zero-order valence-electron chi connectivity index (χ0n) is 23.0. The molecule has 0 radical (unpaired) electrons. The third-order valence-electron chi connectivity index (χ3n) is 8.24. The van der Waals surface area contributed by atoms with Crippen LogP contribution >= 0.6 is 11.6 Å². The van der Waals surface area contributed by atoms with Gasteiger partial charge >= 0.3 is 0 Å². The number of carbonyl (C=O) groups is 1. The highest BCUT2D eigenvalue weighted by Crippen LogP contribution is 2.42. The van der Waals surface area contributed by atoms with Gasteiger partial charge in [0.05, 0.1) is 29.0 Å². The summed E-state index contributed by atoms with van der Waals surface area (Å²) in [5, 5.41) is 4.73. The Labute approximate surface area is 238 Å². The van der Waals surface area contributed by atoms with Gasteiger partial charge in [-0.05, 0) is 75.4 Å². The second-order valence-electron chi connectivity index (χ2n) is 10.9. The van der Waals surface area contributed by atoms with Crippen LogP contribution in [0.25, 0.3) is 22.2 Å². The minimum Gasteiger partial charge on any atom is -0.361 e. The van der Waals surface area contributed by atoms with Crippen molar-refractivity contribution >= 4 is 44.3 Å². The number of amides is 1. The van der Waals surface area contributed by atoms with Gasteiger partial charge in [0.2, 0.25) is 15.9 Å². The molecule has 0 unspecified atom stereocenters. The molecule has 2 saturated heterocycles. The van der Waals surface area contributed by atoms with Gasteiger partial charge in [0.1, 0.15) is 11.6 Å². The van der Waals surface area contributed by atoms with Gasteiger partial charge in [-0.3, -0.25) is 4.79 Å². The van der Waals surface area contributed by atoms with Gasteiger partial charge in [-0.25, -0.2) is 17.7 Å². The van der Waals surface area contributed by atoms with Gasteiger partial charge in [-0.2, -0.15) is 0 Å². The summed E-state index contributed by atoms with van der Waals surface area (Å²) in [4.78, 5) is 20.2. The molecule has 2 aliphatic rings. The van der Waals surface area contributed by atoms with E-state index in [1.807, 2.05) is 43.9 Å². The van der Waals surface area contributed by atoms with Crippen LogP contribution in [0.5, 0.6) is 0 Å². The molecule has 0 N–H and O–H groups in total. The molecule has 2 aliphatic heterocycles. The smallest absolute Gasteiger partial charge is 0.227 e. The van der Waals surface area contributed by atoms with Crippen LogP contribution in [0.15, 0.2) is 40.9 Å². The Balaban J connectivity index is 1.48. The number of sulfonamides is 1. The lowest BCUT2D eigenvalue weighted by atomic mass is 10.0. The van der Waals surface area contributed by atoms with Crippen LogP contribution in [0.3, 0.4) is 0 Å². The van der Waals surface area contributed by atoms with Crippen molar-refractivity contribution in [2.24, 2.45) is 0 Å². The van der Waals surface area contributed by atoms with E-state index < -0.39 is 10.0 Å². The molecule has 6 rings (SSSR count). The predicted octanol–water partition coefficient (Wildman–Crippen LogP) is 5.73. The number of rotatable bonds is 5. The molecule has 0 spiro atoms. The number of hydrogen-bond donors (Lipinski definition) is 0. The molecule has 4 aromatic rings. The quantitative estimate of drug-likeness (QED) is 0.298. The number of piperidine rings is 1. The monoisotopic (exact) mass is 581 g/mol. The second kappa shape index (κ2) is 10.0. The molecule has 0 saturated carbocycles. The highest BCUT2D eigenvalue weighted by Gasteiger charge is 2.39. The molecule has 11 heteroatoms. The zero-order valence-corrected chi connectivity index (χ0v) is 24.6. The standard InChI is InChI=1S/C29H32ClN5O4S/c1-17-5-7-22(16-23(17)30)34-26(9-10-27(34)36)29-31-24-15-20(28-18(2)32-39-19(28)3)6-8-25(24)35(29)21-11-13-33(14-12-21)40(4,37)38/h5-8,15-16,21,26H,9-14H2,1-4H3/t26-/m0/s1. The van der Waals surface area contributed by atoms with Crippen LogP contribution in [-0.2, 0) is 14.8 Å². The maximum Gasteiger partial charge on any atom is 0.227 e. The van der Waals surface area contributed by atoms with Crippen LogP contribution in [-0.4, -0.2) is 52.7 Å². The van der Waals surface area contributed by atoms with Gasteiger partial charge in [-0.1, -0.05) is 28.9 Å². The summed E-state index contributed by atoms with van der Waals surface area (Å²) in [6.07, 6.45) is 3.63. The molecule has 0 bridgehead atoms. The molecule has 2 fully saturated rings. The van der Waals surface area contributed by atoms with Crippen molar-refractivity contribution in [2.45, 2.75) is 58.5 Å². The van der Waals surface area contributed by atoms with Crippen molar-refractivity contribution in [1.82, 2.24) is 19.0 Å². The van der Waals surface area contributed by atoms with Crippen molar-refractivity contribution in [1.29, 1.82) is 0 Å². The molecular weight excluding hydrogens is 550 g/mol. The number of halogens is 1. The van der Waals surface area contributed by atoms with Crippen molar-refractivity contribution in [3.63, 3.8) is 0 Å². The Hall–Kier alpha value is -3.21. The predicted molar refractivity (Wildman–Crippen MR) is 155 cm³/mol. The Morgan fingerprint density at radius 3 is 2.42 bits per heavy atom. The number of fused-ring (bicyclic) bond motifs is 1. The third kappa shape index (κ3) is 4.61. The highest BCUT2D eigenvalue weighted by atomic mass is 35.5. The zero-order chi connectivity index (χ0) is 28.3. The van der Waals surface area contributed by atoms with E-state index in [1.54, 1.807) is 0 Å². The normalized spacial score (nSPS) is 19.3. The molecule has 40 heavy (non-hydrogen) atoms. The Morgan fingerprint density at radius 2 is 1.77 bits per heavy atom. The van der Waals surface area contributed by atoms with Crippen LogP contribution < -0.4 is 4.90 Å². The number of benzene rings is 2. The molecular formula is C29H32ClN5O4S. The van der Waals surface area contributed by atoms with Gasteiger partial charge in [-0.15, -0.1) is 0 Å². The number of imidazole rings is 1. The van der Waals surface area contributed by atoms with Crippen LogP contribution in [0.1, 0.15) is 60.6 Å². The number of aryl methyl sites for hydroxylation is 3. The van der Waals surface area contributed by atoms with Crippen molar-refractivity contribution < 1.29 is 17.7 Å². The maximum absolute atomic E-state index is 13.3. The van der Waals surface area contributed by atoms with E-state index in [1.165, 1.54) is 10.6 Å². The van der Waals surface area contributed by atoms with Crippen LogP contribution in [0.4, 0.5) is 5.69 Å². The number of aromatic nitrogens is 3. The average Bonchev–Trinajstić information content (AvgIpc) is 3.59. The van der Waals surface area contributed by atoms with Gasteiger partial charge < -0.3 is 14.0 Å². The van der Waals surface area contributed by atoms with E-state index in [4.69, 9.17) is 21.1 Å². The minimum absolute atomic E-state index is 0.0341. The largest absolute Gasteiger partial charge is 0.361 e. The van der Waals surface area contributed by atoms with E-state index in [0.717, 1.165) is 50.7 Å². The first-order valence-corrected chi connectivity index (χ1v) is 15.7. The van der Waals surface area contributed by atoms with Crippen LogP contribution in [0.2, 0.25) is 5.02 Å². The minimum atomic E-state index is -3.26. The SMILES string of the molecule is Cc1ccc(N2C(=O)CC[C@H]2c2nc3cc(-c4c(C)noc4C)ccc3n2C2CCN(S(C)(=O)=O)CC2)cc1Cl. The Bertz CT molecular complexity index is 1720. The molecule has 1 amide bonds. The average molecular weight is 582 g/mol. The van der Waals surface area contributed by atoms with Gasteiger partial charge in [0.25, 0.3) is 0 Å². The fraction of sp³-hybridized carbons (Fsp3) is 0.414. The number of anilines is 1. The molecule has 9 nitrogen and oxygen atoms in total. The first-order chi connectivity index (χ1) is 19.0. The summed E-state index contributed by atoms with van der Waals surface area (Å²) < 4.78 is 33.6. The van der Waals surface area contributed by atoms with Gasteiger partial charge in [0, 0.05) is 41.8 Å². The Kier molecular flexibility index (Phi) is 6.75. The molecule has 1 atom stereocenters. The summed E-state index contributed by atoms with van der Waals surface area (Å²) >= 11 is 6.47. The molecule has 4 heterocycles. The lowest BCUT2D eigenvalue weighted by molar-refractivity contribution is -0.117. The van der Waals surface area contributed by atoms with E-state index in [9.17, 15) is 13.2 Å². The summed E-state index contributed by atoms with van der Waals surface area (Å²) in [6, 6.07) is 11.7. The summed E-state index contributed by atoms with van der Waals surface area (Å²) in [7, 11) is -3.26. The van der Waals surface area contributed by atoms with E-state index >= 15 is 0 Å². The fourth-order valence-corrected chi connectivity index (χ4v) is 7.25. The fourth-order valence-electron chi connectivity index (χ4n) is 6.20. The second-order valence-corrected chi connectivity index (χ2v) is 13.3. The van der Waals surface area contributed by atoms with Gasteiger partial charge in [0.15, 0.2) is 0 Å². The molecule has 2 aromatic carbocycles. The number of carbonyl (C=O) groups excluding carboxylic acids is 1. The lowest BCUT2D eigenvalue weighted by Crippen LogP contribution is -2.39. The third-order valence-corrected chi connectivity index (χ3v) is 9.95. The topological polar surface area (TPSA) is 102 Å². The summed E-state index contributed by atoms with van der Waals surface area (Å²) in [6.45, 7) is 6.65. The first kappa shape index (κ1) is 27.0. The number of hydrogen-bond acceptors (Lipinski definition) is 6. The molecule has 2 aromatic heterocycles. The molecule has 210 valence electrons. The lowest BCUT2D eigenvalue weighted by Gasteiger charge is -2.34. The van der Waals surface area contributed by atoms with Crippen molar-refractivity contribution in [3.05, 3.63) is 64.3 Å². The Morgan fingerprint density at radius 1 is 1.02 bits per heavy atom. The van der Waals surface area contributed by atoms with Crippen molar-refractivity contribution in [3.8, 4) is 11.1 Å². The number of nitrogens with zero attached hydrogens (tertiary/aromatic N) is 5. The summed E-state index contributed by atoms with van der Waals surface area (Å²) in [5.41, 5.74) is 6.22. The van der Waals surface area contributed by atoms with E-state index in [0.29, 0.717) is 43.8 Å². The summed E-state index contributed by atoms with van der Waals surface area (Å²) in [5.74, 6) is 1.59. The van der Waals surface area contributed by atoms with E-state index in [2.05, 4.69) is 27.9 Å². The first-order valence-electron chi connectivity index (χ1n) is 13.5. The van der Waals surface area contributed by atoms with Crippen molar-refractivity contribution in [2.75, 3.05) is 24.2 Å². The molecule has 0 aliphatic carbocycles. The highest BCUT2D eigenvalue weighted by molar-refractivity contribution is 7.88.